The van der Waals surface area contributed by atoms with Crippen molar-refractivity contribution in [3.05, 3.63) is 98.3 Å². The largest absolute Gasteiger partial charge is 0.321 e. The molecule has 0 atom stereocenters. The zero-order chi connectivity index (χ0) is 22.2. The van der Waals surface area contributed by atoms with Gasteiger partial charge in [0.1, 0.15) is 0 Å². The van der Waals surface area contributed by atoms with Crippen LogP contribution in [0.15, 0.2) is 82.2 Å². The summed E-state index contributed by atoms with van der Waals surface area (Å²) in [6.45, 7) is 1.90. The molecule has 0 saturated carbocycles. The fourth-order valence-corrected chi connectivity index (χ4v) is 5.79. The second-order valence-electron chi connectivity index (χ2n) is 6.86. The SMILES string of the molecule is CCN1c2ccc(Cl)cc2C(c2ccccc2)=C(C(=O)Nc2ccc(Br)cc2)S1(=O)=O. The number of anilines is 2. The van der Waals surface area contributed by atoms with E-state index >= 15 is 0 Å². The van der Waals surface area contributed by atoms with Gasteiger partial charge in [0.15, 0.2) is 4.91 Å². The summed E-state index contributed by atoms with van der Waals surface area (Å²) in [5.74, 6) is -0.703. The molecular formula is C23H18BrClN2O3S. The molecule has 0 bridgehead atoms. The molecule has 1 aliphatic heterocycles. The fourth-order valence-electron chi connectivity index (χ4n) is 3.60. The van der Waals surface area contributed by atoms with Crippen molar-refractivity contribution in [2.24, 2.45) is 0 Å². The van der Waals surface area contributed by atoms with Crippen molar-refractivity contribution in [3.63, 3.8) is 0 Å². The quantitative estimate of drug-likeness (QED) is 0.485. The van der Waals surface area contributed by atoms with Crippen LogP contribution >= 0.6 is 27.5 Å². The van der Waals surface area contributed by atoms with Gasteiger partial charge in [0.2, 0.25) is 0 Å². The Balaban J connectivity index is 1.99. The van der Waals surface area contributed by atoms with Crippen molar-refractivity contribution in [1.82, 2.24) is 0 Å². The third kappa shape index (κ3) is 4.01. The highest BCUT2D eigenvalue weighted by Crippen LogP contribution is 2.43. The van der Waals surface area contributed by atoms with Crippen molar-refractivity contribution in [3.8, 4) is 0 Å². The van der Waals surface area contributed by atoms with Crippen LogP contribution in [0.5, 0.6) is 0 Å². The molecule has 0 fully saturated rings. The average Bonchev–Trinajstić information content (AvgIpc) is 2.75. The molecule has 31 heavy (non-hydrogen) atoms. The lowest BCUT2D eigenvalue weighted by Crippen LogP contribution is -2.39. The normalized spacial score (nSPS) is 14.9. The van der Waals surface area contributed by atoms with E-state index in [-0.39, 0.29) is 11.4 Å². The van der Waals surface area contributed by atoms with Crippen LogP contribution in [0, 0.1) is 0 Å². The first-order valence-corrected chi connectivity index (χ1v) is 12.1. The lowest BCUT2D eigenvalue weighted by Gasteiger charge is -2.33. The zero-order valence-electron chi connectivity index (χ0n) is 16.5. The number of nitrogens with zero attached hydrogens (tertiary/aromatic N) is 1. The first kappa shape index (κ1) is 21.6. The summed E-state index contributed by atoms with van der Waals surface area (Å²) in [5, 5.41) is 3.18. The topological polar surface area (TPSA) is 66.5 Å². The molecule has 5 nitrogen and oxygen atoms in total. The number of halogens is 2. The number of carbonyl (C=O) groups is 1. The maximum atomic E-state index is 13.6. The molecular weight excluding hydrogens is 500 g/mol. The van der Waals surface area contributed by atoms with Crippen LogP contribution in [-0.4, -0.2) is 20.9 Å². The van der Waals surface area contributed by atoms with E-state index in [2.05, 4.69) is 21.2 Å². The van der Waals surface area contributed by atoms with Crippen molar-refractivity contribution >= 4 is 60.4 Å². The summed E-state index contributed by atoms with van der Waals surface area (Å²) in [6.07, 6.45) is 0. The average molecular weight is 518 g/mol. The Kier molecular flexibility index (Phi) is 5.92. The number of hydrogen-bond donors (Lipinski definition) is 1. The number of carbonyl (C=O) groups excluding carboxylic acids is 1. The van der Waals surface area contributed by atoms with E-state index in [4.69, 9.17) is 11.6 Å². The summed E-state index contributed by atoms with van der Waals surface area (Å²) < 4.78 is 29.3. The lowest BCUT2D eigenvalue weighted by atomic mass is 9.95. The molecule has 8 heteroatoms. The van der Waals surface area contributed by atoms with Crippen LogP contribution in [0.25, 0.3) is 5.57 Å². The second kappa shape index (κ2) is 8.49. The summed E-state index contributed by atoms with van der Waals surface area (Å²) in [4.78, 5) is 13.1. The molecule has 1 N–H and O–H groups in total. The highest BCUT2D eigenvalue weighted by Gasteiger charge is 2.40. The minimum absolute atomic E-state index is 0.175. The summed E-state index contributed by atoms with van der Waals surface area (Å²) in [6, 6.07) is 20.9. The molecule has 0 radical (unpaired) electrons. The van der Waals surface area contributed by atoms with E-state index in [9.17, 15) is 13.2 Å². The highest BCUT2D eigenvalue weighted by atomic mass is 79.9. The Morgan fingerprint density at radius 3 is 2.35 bits per heavy atom. The van der Waals surface area contributed by atoms with Crippen molar-refractivity contribution in [1.29, 1.82) is 0 Å². The number of benzene rings is 3. The van der Waals surface area contributed by atoms with Crippen LogP contribution < -0.4 is 9.62 Å². The highest BCUT2D eigenvalue weighted by molar-refractivity contribution is 9.10. The number of rotatable bonds is 4. The minimum atomic E-state index is -4.12. The van der Waals surface area contributed by atoms with Gasteiger partial charge in [-0.2, -0.15) is 0 Å². The smallest absolute Gasteiger partial charge is 0.270 e. The van der Waals surface area contributed by atoms with E-state index in [1.807, 2.05) is 6.07 Å². The number of hydrogen-bond acceptors (Lipinski definition) is 3. The first-order valence-electron chi connectivity index (χ1n) is 9.52. The maximum absolute atomic E-state index is 13.6. The third-order valence-corrected chi connectivity index (χ3v) is 7.63. The molecule has 3 aromatic rings. The lowest BCUT2D eigenvalue weighted by molar-refractivity contribution is -0.112. The second-order valence-corrected chi connectivity index (χ2v) is 10.0. The number of sulfonamides is 1. The van der Waals surface area contributed by atoms with Crippen LogP contribution in [0.1, 0.15) is 18.1 Å². The molecule has 1 amide bonds. The molecule has 0 unspecified atom stereocenters. The summed E-state index contributed by atoms with van der Waals surface area (Å²) in [5.41, 5.74) is 2.52. The molecule has 0 spiro atoms. The molecule has 0 aromatic heterocycles. The monoisotopic (exact) mass is 516 g/mol. The van der Waals surface area contributed by atoms with Gasteiger partial charge >= 0.3 is 0 Å². The van der Waals surface area contributed by atoms with Crippen molar-refractivity contribution in [2.75, 3.05) is 16.2 Å². The third-order valence-electron chi connectivity index (χ3n) is 4.93. The Labute approximate surface area is 194 Å². The van der Waals surface area contributed by atoms with Gasteiger partial charge in [0.25, 0.3) is 15.9 Å². The Bertz CT molecular complexity index is 1290. The Hall–Kier alpha value is -2.61. The summed E-state index contributed by atoms with van der Waals surface area (Å²) in [7, 11) is -4.12. The van der Waals surface area contributed by atoms with Crippen molar-refractivity contribution < 1.29 is 13.2 Å². The van der Waals surface area contributed by atoms with Gasteiger partial charge in [0, 0.05) is 32.9 Å². The van der Waals surface area contributed by atoms with Gasteiger partial charge in [-0.05, 0) is 55.0 Å². The molecule has 4 rings (SSSR count). The number of amides is 1. The van der Waals surface area contributed by atoms with Gasteiger partial charge in [0.05, 0.1) is 5.69 Å². The predicted molar refractivity (Wildman–Crippen MR) is 129 cm³/mol. The molecule has 0 aliphatic carbocycles. The van der Waals surface area contributed by atoms with Gasteiger partial charge in [-0.1, -0.05) is 57.9 Å². The van der Waals surface area contributed by atoms with Gasteiger partial charge in [-0.15, -0.1) is 0 Å². The van der Waals surface area contributed by atoms with Gasteiger partial charge in [-0.3, -0.25) is 9.10 Å². The molecule has 1 aliphatic rings. The molecule has 0 saturated heterocycles. The summed E-state index contributed by atoms with van der Waals surface area (Å²) >= 11 is 9.62. The van der Waals surface area contributed by atoms with Crippen LogP contribution in [0.4, 0.5) is 11.4 Å². The number of fused-ring (bicyclic) bond motifs is 1. The molecule has 158 valence electrons. The number of nitrogens with one attached hydrogen (secondary N) is 1. The van der Waals surface area contributed by atoms with Crippen molar-refractivity contribution in [2.45, 2.75) is 6.92 Å². The zero-order valence-corrected chi connectivity index (χ0v) is 19.6. The van der Waals surface area contributed by atoms with E-state index in [1.165, 1.54) is 4.31 Å². The van der Waals surface area contributed by atoms with Crippen LogP contribution in [0.2, 0.25) is 5.02 Å². The maximum Gasteiger partial charge on any atom is 0.270 e. The Morgan fingerprint density at radius 2 is 1.71 bits per heavy atom. The van der Waals surface area contributed by atoms with E-state index in [0.29, 0.717) is 33.1 Å². The molecule has 3 aromatic carbocycles. The van der Waals surface area contributed by atoms with E-state index in [0.717, 1.165) is 4.47 Å². The van der Waals surface area contributed by atoms with E-state index in [1.54, 1.807) is 73.7 Å². The first-order chi connectivity index (χ1) is 14.8. The van der Waals surface area contributed by atoms with Crippen LogP contribution in [0.3, 0.4) is 0 Å². The standard InChI is InChI=1S/C23H18BrClN2O3S/c1-2-27-20-13-10-17(25)14-19(20)21(15-6-4-3-5-7-15)22(31(27,29)30)23(28)26-18-11-8-16(24)9-12-18/h3-14H,2H2,1H3,(H,26,28). The Morgan fingerprint density at radius 1 is 1.03 bits per heavy atom. The van der Waals surface area contributed by atoms with E-state index < -0.39 is 15.9 Å². The van der Waals surface area contributed by atoms with Gasteiger partial charge < -0.3 is 5.32 Å². The van der Waals surface area contributed by atoms with Crippen LogP contribution in [-0.2, 0) is 14.8 Å². The minimum Gasteiger partial charge on any atom is -0.321 e. The fraction of sp³-hybridized carbons (Fsp3) is 0.0870. The molecule has 1 heterocycles. The van der Waals surface area contributed by atoms with Gasteiger partial charge in [-0.25, -0.2) is 8.42 Å². The predicted octanol–water partition coefficient (Wildman–Crippen LogP) is 5.67.